The topological polar surface area (TPSA) is 32.3 Å². The van der Waals surface area contributed by atoms with Crippen LogP contribution in [0.3, 0.4) is 0 Å². The first kappa shape index (κ1) is 16.4. The van der Waals surface area contributed by atoms with Crippen LogP contribution < -0.4 is 5.32 Å². The second kappa shape index (κ2) is 6.99. The molecule has 1 amide bonds. The van der Waals surface area contributed by atoms with Crippen molar-refractivity contribution in [3.8, 4) is 0 Å². The lowest BCUT2D eigenvalue weighted by Crippen LogP contribution is -2.37. The first-order valence-electron chi connectivity index (χ1n) is 8.08. The van der Waals surface area contributed by atoms with Crippen LogP contribution in [0.5, 0.6) is 0 Å². The van der Waals surface area contributed by atoms with Gasteiger partial charge in [0.05, 0.1) is 18.3 Å². The SMILES string of the molecule is CN(C(=O)CNc1cc(F)ccc1F)C1CCCc2ccccc21. The van der Waals surface area contributed by atoms with Gasteiger partial charge in [-0.05, 0) is 48.6 Å². The van der Waals surface area contributed by atoms with Crippen molar-refractivity contribution in [3.05, 3.63) is 65.2 Å². The summed E-state index contributed by atoms with van der Waals surface area (Å²) in [7, 11) is 1.76. The quantitative estimate of drug-likeness (QED) is 0.922. The van der Waals surface area contributed by atoms with E-state index in [0.717, 1.165) is 37.5 Å². The van der Waals surface area contributed by atoms with Crippen molar-refractivity contribution in [3.63, 3.8) is 0 Å². The molecule has 0 fully saturated rings. The molecule has 24 heavy (non-hydrogen) atoms. The molecule has 1 aliphatic rings. The highest BCUT2D eigenvalue weighted by atomic mass is 19.1. The van der Waals surface area contributed by atoms with Gasteiger partial charge in [0.15, 0.2) is 0 Å². The molecule has 126 valence electrons. The summed E-state index contributed by atoms with van der Waals surface area (Å²) in [4.78, 5) is 14.2. The van der Waals surface area contributed by atoms with E-state index in [9.17, 15) is 13.6 Å². The van der Waals surface area contributed by atoms with Crippen molar-refractivity contribution in [1.82, 2.24) is 4.90 Å². The van der Waals surface area contributed by atoms with Crippen molar-refractivity contribution in [2.45, 2.75) is 25.3 Å². The van der Waals surface area contributed by atoms with E-state index >= 15 is 0 Å². The van der Waals surface area contributed by atoms with E-state index in [-0.39, 0.29) is 24.2 Å². The molecule has 1 unspecified atom stereocenters. The number of aryl methyl sites for hydroxylation is 1. The lowest BCUT2D eigenvalue weighted by atomic mass is 9.87. The van der Waals surface area contributed by atoms with Gasteiger partial charge in [-0.1, -0.05) is 24.3 Å². The predicted octanol–water partition coefficient (Wildman–Crippen LogP) is 3.91. The Balaban J connectivity index is 1.68. The number of rotatable bonds is 4. The zero-order valence-corrected chi connectivity index (χ0v) is 13.6. The van der Waals surface area contributed by atoms with Crippen molar-refractivity contribution in [1.29, 1.82) is 0 Å². The van der Waals surface area contributed by atoms with Gasteiger partial charge in [-0.25, -0.2) is 8.78 Å². The van der Waals surface area contributed by atoms with Crippen molar-refractivity contribution in [2.24, 2.45) is 0 Å². The lowest BCUT2D eigenvalue weighted by Gasteiger charge is -2.33. The monoisotopic (exact) mass is 330 g/mol. The maximum Gasteiger partial charge on any atom is 0.242 e. The summed E-state index contributed by atoms with van der Waals surface area (Å²) in [6.45, 7) is -0.0739. The molecule has 0 spiro atoms. The number of nitrogens with one attached hydrogen (secondary N) is 1. The van der Waals surface area contributed by atoms with Gasteiger partial charge in [-0.15, -0.1) is 0 Å². The zero-order chi connectivity index (χ0) is 17.1. The molecule has 1 aliphatic carbocycles. The molecule has 3 nitrogen and oxygen atoms in total. The molecule has 0 saturated heterocycles. The van der Waals surface area contributed by atoms with Crippen LogP contribution >= 0.6 is 0 Å². The normalized spacial score (nSPS) is 16.4. The minimum atomic E-state index is -0.574. The van der Waals surface area contributed by atoms with Crippen LogP contribution in [-0.4, -0.2) is 24.4 Å². The third kappa shape index (κ3) is 3.40. The third-order valence-electron chi connectivity index (χ3n) is 4.56. The van der Waals surface area contributed by atoms with Gasteiger partial charge in [-0.3, -0.25) is 4.79 Å². The fourth-order valence-electron chi connectivity index (χ4n) is 3.23. The fourth-order valence-corrected chi connectivity index (χ4v) is 3.23. The Morgan fingerprint density at radius 1 is 1.25 bits per heavy atom. The molecule has 0 radical (unpaired) electrons. The number of halogens is 2. The molecule has 1 N–H and O–H groups in total. The van der Waals surface area contributed by atoms with Crippen LogP contribution in [0, 0.1) is 11.6 Å². The number of anilines is 1. The molecule has 0 heterocycles. The summed E-state index contributed by atoms with van der Waals surface area (Å²) in [5.41, 5.74) is 2.45. The number of carbonyl (C=O) groups excluding carboxylic acids is 1. The molecule has 0 aliphatic heterocycles. The van der Waals surface area contributed by atoms with Crippen LogP contribution in [0.25, 0.3) is 0 Å². The van der Waals surface area contributed by atoms with E-state index in [2.05, 4.69) is 17.4 Å². The Morgan fingerprint density at radius 2 is 2.04 bits per heavy atom. The smallest absolute Gasteiger partial charge is 0.242 e. The van der Waals surface area contributed by atoms with Crippen LogP contribution in [0.15, 0.2) is 42.5 Å². The van der Waals surface area contributed by atoms with Crippen LogP contribution in [-0.2, 0) is 11.2 Å². The van der Waals surface area contributed by atoms with Gasteiger partial charge < -0.3 is 10.2 Å². The van der Waals surface area contributed by atoms with Gasteiger partial charge in [0.2, 0.25) is 5.91 Å². The third-order valence-corrected chi connectivity index (χ3v) is 4.56. The standard InChI is InChI=1S/C19H20F2N2O/c1-23(18-8-4-6-13-5-2-3-7-15(13)18)19(24)12-22-17-11-14(20)9-10-16(17)21/h2-3,5,7,9-11,18,22H,4,6,8,12H2,1H3. The molecular weight excluding hydrogens is 310 g/mol. The molecular formula is C19H20F2N2O. The van der Waals surface area contributed by atoms with Gasteiger partial charge in [-0.2, -0.15) is 0 Å². The summed E-state index contributed by atoms with van der Waals surface area (Å²) in [6.07, 6.45) is 2.97. The number of carbonyl (C=O) groups is 1. The van der Waals surface area contributed by atoms with Gasteiger partial charge in [0.1, 0.15) is 11.6 Å². The second-order valence-corrected chi connectivity index (χ2v) is 6.09. The van der Waals surface area contributed by atoms with E-state index in [4.69, 9.17) is 0 Å². The molecule has 3 rings (SSSR count). The van der Waals surface area contributed by atoms with E-state index in [1.54, 1.807) is 11.9 Å². The first-order chi connectivity index (χ1) is 11.6. The molecule has 0 saturated carbocycles. The number of hydrogen-bond acceptors (Lipinski definition) is 2. The Hall–Kier alpha value is -2.43. The van der Waals surface area contributed by atoms with E-state index in [1.807, 2.05) is 12.1 Å². The second-order valence-electron chi connectivity index (χ2n) is 6.09. The number of nitrogens with zero attached hydrogens (tertiary/aromatic N) is 1. The Bertz CT molecular complexity index is 748. The van der Waals surface area contributed by atoms with Crippen LogP contribution in [0.1, 0.15) is 30.0 Å². The summed E-state index contributed by atoms with van der Waals surface area (Å²) >= 11 is 0. The molecule has 2 aromatic rings. The summed E-state index contributed by atoms with van der Waals surface area (Å²) in [6, 6.07) is 11.3. The minimum Gasteiger partial charge on any atom is -0.374 e. The maximum absolute atomic E-state index is 13.6. The van der Waals surface area contributed by atoms with Gasteiger partial charge >= 0.3 is 0 Å². The molecule has 0 aromatic heterocycles. The molecule has 5 heteroatoms. The first-order valence-corrected chi connectivity index (χ1v) is 8.08. The molecule has 1 atom stereocenters. The van der Waals surface area contributed by atoms with Crippen molar-refractivity contribution in [2.75, 3.05) is 18.9 Å². The Morgan fingerprint density at radius 3 is 2.88 bits per heavy atom. The maximum atomic E-state index is 13.6. The zero-order valence-electron chi connectivity index (χ0n) is 13.6. The number of likely N-dealkylation sites (N-methyl/N-ethyl adjacent to an activating group) is 1. The van der Waals surface area contributed by atoms with Crippen LogP contribution in [0.4, 0.5) is 14.5 Å². The lowest BCUT2D eigenvalue weighted by molar-refractivity contribution is -0.130. The van der Waals surface area contributed by atoms with Crippen LogP contribution in [0.2, 0.25) is 0 Å². The summed E-state index contributed by atoms with van der Waals surface area (Å²) in [5, 5.41) is 2.69. The molecule has 2 aromatic carbocycles. The largest absolute Gasteiger partial charge is 0.374 e. The van der Waals surface area contributed by atoms with E-state index < -0.39 is 11.6 Å². The van der Waals surface area contributed by atoms with Gasteiger partial charge in [0.25, 0.3) is 0 Å². The van der Waals surface area contributed by atoms with Crippen molar-refractivity contribution >= 4 is 11.6 Å². The highest BCUT2D eigenvalue weighted by molar-refractivity contribution is 5.81. The highest BCUT2D eigenvalue weighted by Gasteiger charge is 2.26. The fraction of sp³-hybridized carbons (Fsp3) is 0.316. The Kier molecular flexibility index (Phi) is 4.79. The number of hydrogen-bond donors (Lipinski definition) is 1. The predicted molar refractivity (Wildman–Crippen MR) is 89.7 cm³/mol. The summed E-state index contributed by atoms with van der Waals surface area (Å²) < 4.78 is 26.8. The van der Waals surface area contributed by atoms with E-state index in [1.165, 1.54) is 11.1 Å². The van der Waals surface area contributed by atoms with Gasteiger partial charge in [0, 0.05) is 7.05 Å². The number of amides is 1. The Labute approximate surface area is 140 Å². The van der Waals surface area contributed by atoms with Crippen molar-refractivity contribution < 1.29 is 13.6 Å². The highest BCUT2D eigenvalue weighted by Crippen LogP contribution is 2.33. The minimum absolute atomic E-state index is 0.000735. The summed E-state index contributed by atoms with van der Waals surface area (Å²) in [5.74, 6) is -1.27. The molecule has 0 bridgehead atoms. The number of benzene rings is 2. The average molecular weight is 330 g/mol. The van der Waals surface area contributed by atoms with E-state index in [0.29, 0.717) is 0 Å². The average Bonchev–Trinajstić information content (AvgIpc) is 2.61. The number of fused-ring (bicyclic) bond motifs is 1.